The number of aromatic nitrogens is 3. The van der Waals surface area contributed by atoms with E-state index in [4.69, 9.17) is 0 Å². The van der Waals surface area contributed by atoms with Gasteiger partial charge in [-0.1, -0.05) is 0 Å². The van der Waals surface area contributed by atoms with Crippen molar-refractivity contribution < 1.29 is 4.79 Å². The van der Waals surface area contributed by atoms with Crippen LogP contribution in [0.3, 0.4) is 0 Å². The van der Waals surface area contributed by atoms with E-state index in [1.165, 1.54) is 11.5 Å². The highest BCUT2D eigenvalue weighted by molar-refractivity contribution is 6.05. The first kappa shape index (κ1) is 14.1. The Balaban J connectivity index is 2.15. The van der Waals surface area contributed by atoms with Gasteiger partial charge in [-0.25, -0.2) is 9.79 Å². The molecule has 112 valence electrons. The molecule has 0 aromatic carbocycles. The standard InChI is InChI=1S/C15H14N4O3/c1-9(20)8-19-14(21)11-7-12(10-3-5-16-6-4-10)17-13(11)18(2)15(19)22/h3-6H,7-8H2,1-2H3. The van der Waals surface area contributed by atoms with Crippen LogP contribution in [-0.2, 0) is 24.8 Å². The summed E-state index contributed by atoms with van der Waals surface area (Å²) in [5, 5.41) is 0. The van der Waals surface area contributed by atoms with Crippen molar-refractivity contribution in [1.29, 1.82) is 0 Å². The van der Waals surface area contributed by atoms with Crippen molar-refractivity contribution in [2.24, 2.45) is 12.0 Å². The summed E-state index contributed by atoms with van der Waals surface area (Å²) in [6.45, 7) is 1.13. The lowest BCUT2D eigenvalue weighted by atomic mass is 10.1. The van der Waals surface area contributed by atoms with E-state index < -0.39 is 11.2 Å². The molecule has 7 nitrogen and oxygen atoms in total. The van der Waals surface area contributed by atoms with Crippen molar-refractivity contribution in [2.75, 3.05) is 0 Å². The molecular formula is C15H14N4O3. The van der Waals surface area contributed by atoms with E-state index in [0.717, 1.165) is 10.1 Å². The molecule has 0 unspecified atom stereocenters. The third kappa shape index (κ3) is 2.20. The van der Waals surface area contributed by atoms with Gasteiger partial charge in [-0.2, -0.15) is 0 Å². The van der Waals surface area contributed by atoms with Crippen LogP contribution in [-0.4, -0.2) is 25.6 Å². The number of carbonyl (C=O) groups is 1. The molecule has 0 bridgehead atoms. The molecule has 2 aromatic rings. The molecule has 0 saturated carbocycles. The van der Waals surface area contributed by atoms with Crippen LogP contribution in [0.2, 0.25) is 0 Å². The molecule has 0 amide bonds. The second-order valence-electron chi connectivity index (χ2n) is 5.21. The highest BCUT2D eigenvalue weighted by Crippen LogP contribution is 2.24. The van der Waals surface area contributed by atoms with Gasteiger partial charge in [0.05, 0.1) is 17.8 Å². The lowest BCUT2D eigenvalue weighted by Crippen LogP contribution is -2.41. The van der Waals surface area contributed by atoms with Crippen LogP contribution in [0.5, 0.6) is 0 Å². The number of fused-ring (bicyclic) bond motifs is 1. The average molecular weight is 298 g/mol. The van der Waals surface area contributed by atoms with Crippen LogP contribution < -0.4 is 11.2 Å². The summed E-state index contributed by atoms with van der Waals surface area (Å²) in [4.78, 5) is 44.3. The predicted octanol–water partition coefficient (Wildman–Crippen LogP) is 0.208. The number of aliphatic imine (C=N–C) groups is 1. The molecule has 0 fully saturated rings. The Labute approximate surface area is 125 Å². The first-order chi connectivity index (χ1) is 10.5. The summed E-state index contributed by atoms with van der Waals surface area (Å²) in [5.74, 6) is 0.119. The number of nitrogens with zero attached hydrogens (tertiary/aromatic N) is 4. The average Bonchev–Trinajstić information content (AvgIpc) is 2.96. The van der Waals surface area contributed by atoms with Gasteiger partial charge in [-0.05, 0) is 24.6 Å². The zero-order valence-corrected chi connectivity index (χ0v) is 12.2. The molecule has 1 aliphatic heterocycles. The molecule has 0 saturated heterocycles. The Bertz CT molecular complexity index is 907. The second-order valence-corrected chi connectivity index (χ2v) is 5.21. The van der Waals surface area contributed by atoms with Gasteiger partial charge >= 0.3 is 5.69 Å². The predicted molar refractivity (Wildman–Crippen MR) is 80.8 cm³/mol. The zero-order chi connectivity index (χ0) is 15.9. The van der Waals surface area contributed by atoms with Crippen molar-refractivity contribution in [3.8, 4) is 0 Å². The Morgan fingerprint density at radius 1 is 1.27 bits per heavy atom. The quantitative estimate of drug-likeness (QED) is 0.810. The van der Waals surface area contributed by atoms with Gasteiger partial charge < -0.3 is 0 Å². The van der Waals surface area contributed by atoms with Gasteiger partial charge in [-0.15, -0.1) is 0 Å². The molecule has 22 heavy (non-hydrogen) atoms. The summed E-state index contributed by atoms with van der Waals surface area (Å²) in [7, 11) is 1.55. The molecule has 7 heteroatoms. The monoisotopic (exact) mass is 298 g/mol. The summed E-state index contributed by atoms with van der Waals surface area (Å²) in [6, 6.07) is 3.60. The normalized spacial score (nSPS) is 12.9. The fraction of sp³-hybridized carbons (Fsp3) is 0.267. The highest BCUT2D eigenvalue weighted by Gasteiger charge is 2.24. The molecule has 2 aromatic heterocycles. The summed E-state index contributed by atoms with van der Waals surface area (Å²) in [5.41, 5.74) is 1.04. The van der Waals surface area contributed by atoms with Gasteiger partial charge in [0, 0.05) is 25.9 Å². The number of hydrogen-bond donors (Lipinski definition) is 0. The summed E-state index contributed by atoms with van der Waals surface area (Å²) < 4.78 is 2.28. The van der Waals surface area contributed by atoms with Crippen LogP contribution in [0, 0.1) is 0 Å². The molecule has 0 atom stereocenters. The summed E-state index contributed by atoms with van der Waals surface area (Å²) >= 11 is 0. The van der Waals surface area contributed by atoms with Crippen molar-refractivity contribution in [3.63, 3.8) is 0 Å². The Morgan fingerprint density at radius 2 is 1.95 bits per heavy atom. The Kier molecular flexibility index (Phi) is 3.32. The van der Waals surface area contributed by atoms with Crippen LogP contribution in [0.1, 0.15) is 18.1 Å². The van der Waals surface area contributed by atoms with Gasteiger partial charge in [0.15, 0.2) is 0 Å². The smallest absolute Gasteiger partial charge is 0.298 e. The zero-order valence-electron chi connectivity index (χ0n) is 12.2. The number of pyridine rings is 1. The van der Waals surface area contributed by atoms with Crippen molar-refractivity contribution in [3.05, 3.63) is 56.5 Å². The topological polar surface area (TPSA) is 86.3 Å². The van der Waals surface area contributed by atoms with E-state index in [1.54, 1.807) is 31.6 Å². The fourth-order valence-electron chi connectivity index (χ4n) is 2.52. The van der Waals surface area contributed by atoms with E-state index in [-0.39, 0.29) is 12.3 Å². The van der Waals surface area contributed by atoms with Gasteiger partial charge in [-0.3, -0.25) is 23.7 Å². The van der Waals surface area contributed by atoms with Crippen LogP contribution >= 0.6 is 0 Å². The number of hydrogen-bond acceptors (Lipinski definition) is 5. The minimum Gasteiger partial charge on any atom is -0.298 e. The third-order valence-electron chi connectivity index (χ3n) is 3.59. The van der Waals surface area contributed by atoms with E-state index in [9.17, 15) is 14.4 Å². The number of rotatable bonds is 3. The van der Waals surface area contributed by atoms with E-state index in [1.807, 2.05) is 0 Å². The molecule has 1 aliphatic rings. The third-order valence-corrected chi connectivity index (χ3v) is 3.59. The van der Waals surface area contributed by atoms with Gasteiger partial charge in [0.1, 0.15) is 11.6 Å². The van der Waals surface area contributed by atoms with Gasteiger partial charge in [0.25, 0.3) is 5.56 Å². The highest BCUT2D eigenvalue weighted by atomic mass is 16.2. The Morgan fingerprint density at radius 3 is 2.59 bits per heavy atom. The second kappa shape index (κ2) is 5.18. The van der Waals surface area contributed by atoms with E-state index >= 15 is 0 Å². The van der Waals surface area contributed by atoms with Crippen LogP contribution in [0.4, 0.5) is 5.82 Å². The summed E-state index contributed by atoms with van der Waals surface area (Å²) in [6.07, 6.45) is 3.63. The van der Waals surface area contributed by atoms with Crippen LogP contribution in [0.15, 0.2) is 39.1 Å². The van der Waals surface area contributed by atoms with E-state index in [2.05, 4.69) is 9.98 Å². The first-order valence-corrected chi connectivity index (χ1v) is 6.79. The first-order valence-electron chi connectivity index (χ1n) is 6.79. The maximum absolute atomic E-state index is 12.5. The molecule has 0 spiro atoms. The molecule has 0 radical (unpaired) electrons. The Hall–Kier alpha value is -2.83. The minimum atomic E-state index is -0.529. The minimum absolute atomic E-state index is 0.219. The molecule has 0 N–H and O–H groups in total. The number of ketones is 1. The fourth-order valence-corrected chi connectivity index (χ4v) is 2.52. The molecule has 0 aliphatic carbocycles. The van der Waals surface area contributed by atoms with Crippen molar-refractivity contribution in [1.82, 2.24) is 14.1 Å². The maximum atomic E-state index is 12.5. The lowest BCUT2D eigenvalue weighted by molar-refractivity contribution is -0.117. The maximum Gasteiger partial charge on any atom is 0.332 e. The molecular weight excluding hydrogens is 284 g/mol. The van der Waals surface area contributed by atoms with Crippen molar-refractivity contribution in [2.45, 2.75) is 19.9 Å². The lowest BCUT2D eigenvalue weighted by Gasteiger charge is -2.08. The molecule has 3 heterocycles. The largest absolute Gasteiger partial charge is 0.332 e. The van der Waals surface area contributed by atoms with E-state index in [0.29, 0.717) is 23.5 Å². The number of carbonyl (C=O) groups excluding carboxylic acids is 1. The number of Topliss-reactive ketones (excluding diaryl/α,β-unsaturated/α-hetero) is 1. The van der Waals surface area contributed by atoms with Crippen molar-refractivity contribution >= 4 is 17.3 Å². The molecule has 3 rings (SSSR count). The van der Waals surface area contributed by atoms with Gasteiger partial charge in [0.2, 0.25) is 0 Å². The SMILES string of the molecule is CC(=O)Cn1c(=O)c2c(n(C)c1=O)N=C(c1ccncc1)C2. The van der Waals surface area contributed by atoms with Crippen LogP contribution in [0.25, 0.3) is 0 Å².